The Morgan fingerprint density at radius 3 is 2.50 bits per heavy atom. The molecule has 1 aromatic rings. The number of hydrogen-bond acceptors (Lipinski definition) is 3. The van der Waals surface area contributed by atoms with Crippen molar-refractivity contribution in [3.05, 3.63) is 24.3 Å². The first-order valence-corrected chi connectivity index (χ1v) is 3.85. The van der Waals surface area contributed by atoms with Gasteiger partial charge in [-0.25, -0.2) is 0 Å². The molecular weight excluding hydrogens is 154 g/mol. The van der Waals surface area contributed by atoms with Crippen molar-refractivity contribution in [1.29, 1.82) is 0 Å². The van der Waals surface area contributed by atoms with E-state index in [0.29, 0.717) is 5.69 Å². The van der Waals surface area contributed by atoms with E-state index in [4.69, 9.17) is 15.6 Å². The second-order valence-electron chi connectivity index (χ2n) is 2.68. The lowest BCUT2D eigenvalue weighted by atomic mass is 10.3. The van der Waals surface area contributed by atoms with Gasteiger partial charge in [-0.15, -0.1) is 0 Å². The highest BCUT2D eigenvalue weighted by atomic mass is 16.5. The molecule has 12 heavy (non-hydrogen) atoms. The van der Waals surface area contributed by atoms with Crippen molar-refractivity contribution in [2.24, 2.45) is 0 Å². The van der Waals surface area contributed by atoms with Gasteiger partial charge in [0.2, 0.25) is 0 Å². The van der Waals surface area contributed by atoms with E-state index in [-0.39, 0.29) is 12.7 Å². The van der Waals surface area contributed by atoms with Crippen LogP contribution in [0.15, 0.2) is 24.3 Å². The van der Waals surface area contributed by atoms with Gasteiger partial charge in [0.05, 0.1) is 6.61 Å². The quantitative estimate of drug-likeness (QED) is 0.661. The minimum Gasteiger partial charge on any atom is -0.488 e. The van der Waals surface area contributed by atoms with Gasteiger partial charge in [0.25, 0.3) is 0 Å². The number of aliphatic hydroxyl groups excluding tert-OH is 1. The van der Waals surface area contributed by atoms with Crippen LogP contribution < -0.4 is 10.5 Å². The zero-order valence-corrected chi connectivity index (χ0v) is 7.03. The number of ether oxygens (including phenoxy) is 1. The van der Waals surface area contributed by atoms with Crippen LogP contribution in [0.2, 0.25) is 0 Å². The smallest absolute Gasteiger partial charge is 0.119 e. The monoisotopic (exact) mass is 167 g/mol. The zero-order valence-electron chi connectivity index (χ0n) is 7.03. The van der Waals surface area contributed by atoms with Gasteiger partial charge in [0.1, 0.15) is 11.9 Å². The lowest BCUT2D eigenvalue weighted by Gasteiger charge is -2.11. The van der Waals surface area contributed by atoms with E-state index in [9.17, 15) is 0 Å². The standard InChI is InChI=1S/C9H13NO2/c1-7(6-11)12-9-4-2-8(10)3-5-9/h2-5,7,11H,6,10H2,1H3/t7-/m1/s1. The number of nitrogens with two attached hydrogens (primary N) is 1. The molecule has 3 N–H and O–H groups in total. The van der Waals surface area contributed by atoms with Gasteiger partial charge in [-0.05, 0) is 31.2 Å². The van der Waals surface area contributed by atoms with Crippen molar-refractivity contribution < 1.29 is 9.84 Å². The van der Waals surface area contributed by atoms with Gasteiger partial charge in [0, 0.05) is 5.69 Å². The fraction of sp³-hybridized carbons (Fsp3) is 0.333. The summed E-state index contributed by atoms with van der Waals surface area (Å²) in [5.74, 6) is 0.728. The van der Waals surface area contributed by atoms with Crippen LogP contribution in [-0.4, -0.2) is 17.8 Å². The Hall–Kier alpha value is -1.22. The van der Waals surface area contributed by atoms with Crippen molar-refractivity contribution >= 4 is 5.69 Å². The molecule has 0 saturated heterocycles. The maximum absolute atomic E-state index is 8.70. The number of rotatable bonds is 3. The number of anilines is 1. The van der Waals surface area contributed by atoms with E-state index >= 15 is 0 Å². The van der Waals surface area contributed by atoms with Crippen LogP contribution in [0.5, 0.6) is 5.75 Å². The van der Waals surface area contributed by atoms with E-state index in [1.807, 2.05) is 0 Å². The van der Waals surface area contributed by atoms with E-state index in [1.54, 1.807) is 31.2 Å². The summed E-state index contributed by atoms with van der Waals surface area (Å²) < 4.78 is 5.31. The Morgan fingerprint density at radius 2 is 2.00 bits per heavy atom. The molecule has 0 fully saturated rings. The fourth-order valence-corrected chi connectivity index (χ4v) is 0.816. The predicted molar refractivity (Wildman–Crippen MR) is 48.0 cm³/mol. The molecule has 1 aromatic carbocycles. The Labute approximate surface area is 71.8 Å². The molecule has 0 aliphatic rings. The number of benzene rings is 1. The molecule has 1 rings (SSSR count). The lowest BCUT2D eigenvalue weighted by Crippen LogP contribution is -2.15. The summed E-state index contributed by atoms with van der Waals surface area (Å²) >= 11 is 0. The first-order valence-electron chi connectivity index (χ1n) is 3.85. The van der Waals surface area contributed by atoms with Gasteiger partial charge in [-0.1, -0.05) is 0 Å². The maximum atomic E-state index is 8.70. The van der Waals surface area contributed by atoms with Crippen LogP contribution in [0.3, 0.4) is 0 Å². The van der Waals surface area contributed by atoms with Crippen LogP contribution >= 0.6 is 0 Å². The van der Waals surface area contributed by atoms with Crippen molar-refractivity contribution in [1.82, 2.24) is 0 Å². The van der Waals surface area contributed by atoms with E-state index in [2.05, 4.69) is 0 Å². The Kier molecular flexibility index (Phi) is 2.94. The fourth-order valence-electron chi connectivity index (χ4n) is 0.816. The molecular formula is C9H13NO2. The van der Waals surface area contributed by atoms with Crippen molar-refractivity contribution in [2.45, 2.75) is 13.0 Å². The molecule has 0 aromatic heterocycles. The summed E-state index contributed by atoms with van der Waals surface area (Å²) in [6.07, 6.45) is -0.173. The molecule has 3 nitrogen and oxygen atoms in total. The molecule has 0 spiro atoms. The number of aliphatic hydroxyl groups is 1. The highest BCUT2D eigenvalue weighted by molar-refractivity contribution is 5.41. The number of hydrogen-bond donors (Lipinski definition) is 2. The summed E-state index contributed by atoms with van der Waals surface area (Å²) in [7, 11) is 0. The molecule has 66 valence electrons. The highest BCUT2D eigenvalue weighted by Gasteiger charge is 2.00. The topological polar surface area (TPSA) is 55.5 Å². The molecule has 0 aliphatic heterocycles. The zero-order chi connectivity index (χ0) is 8.97. The van der Waals surface area contributed by atoms with E-state index in [1.165, 1.54) is 0 Å². The molecule has 0 heterocycles. The second kappa shape index (κ2) is 3.97. The minimum absolute atomic E-state index is 0.0182. The molecule has 0 saturated carbocycles. The third-order valence-corrected chi connectivity index (χ3v) is 1.47. The largest absolute Gasteiger partial charge is 0.488 e. The minimum atomic E-state index is -0.173. The molecule has 3 heteroatoms. The van der Waals surface area contributed by atoms with E-state index in [0.717, 1.165) is 5.75 Å². The Balaban J connectivity index is 2.58. The molecule has 0 unspecified atom stereocenters. The summed E-state index contributed by atoms with van der Waals surface area (Å²) in [4.78, 5) is 0. The molecule has 0 amide bonds. The maximum Gasteiger partial charge on any atom is 0.119 e. The third kappa shape index (κ3) is 2.43. The Morgan fingerprint density at radius 1 is 1.42 bits per heavy atom. The normalized spacial score (nSPS) is 12.5. The first kappa shape index (κ1) is 8.87. The molecule has 0 bridgehead atoms. The average Bonchev–Trinajstić information content (AvgIpc) is 2.09. The van der Waals surface area contributed by atoms with Crippen LogP contribution in [0.25, 0.3) is 0 Å². The first-order chi connectivity index (χ1) is 5.72. The van der Waals surface area contributed by atoms with E-state index < -0.39 is 0 Å². The van der Waals surface area contributed by atoms with Crippen molar-refractivity contribution in [2.75, 3.05) is 12.3 Å². The molecule has 1 atom stereocenters. The second-order valence-corrected chi connectivity index (χ2v) is 2.68. The van der Waals surface area contributed by atoms with Crippen LogP contribution in [0.1, 0.15) is 6.92 Å². The predicted octanol–water partition coefficient (Wildman–Crippen LogP) is 1.03. The van der Waals surface area contributed by atoms with Gasteiger partial charge in [-0.2, -0.15) is 0 Å². The SMILES string of the molecule is C[C@H](CO)Oc1ccc(N)cc1. The highest BCUT2D eigenvalue weighted by Crippen LogP contribution is 2.14. The van der Waals surface area contributed by atoms with Gasteiger partial charge >= 0.3 is 0 Å². The van der Waals surface area contributed by atoms with Gasteiger partial charge < -0.3 is 15.6 Å². The van der Waals surface area contributed by atoms with Crippen molar-refractivity contribution in [3.8, 4) is 5.75 Å². The average molecular weight is 167 g/mol. The third-order valence-electron chi connectivity index (χ3n) is 1.47. The van der Waals surface area contributed by atoms with Gasteiger partial charge in [-0.3, -0.25) is 0 Å². The molecule has 0 aliphatic carbocycles. The molecule has 0 radical (unpaired) electrons. The van der Waals surface area contributed by atoms with Gasteiger partial charge in [0.15, 0.2) is 0 Å². The van der Waals surface area contributed by atoms with Crippen LogP contribution in [-0.2, 0) is 0 Å². The van der Waals surface area contributed by atoms with Crippen LogP contribution in [0, 0.1) is 0 Å². The summed E-state index contributed by atoms with van der Waals surface area (Å²) in [5, 5.41) is 8.70. The van der Waals surface area contributed by atoms with Crippen molar-refractivity contribution in [3.63, 3.8) is 0 Å². The number of nitrogen functional groups attached to an aromatic ring is 1. The lowest BCUT2D eigenvalue weighted by molar-refractivity contribution is 0.130. The Bertz CT molecular complexity index is 233. The summed E-state index contributed by atoms with van der Waals surface area (Å²) in [5.41, 5.74) is 6.19. The summed E-state index contributed by atoms with van der Waals surface area (Å²) in [6.45, 7) is 1.82. The summed E-state index contributed by atoms with van der Waals surface area (Å²) in [6, 6.07) is 7.09. The van der Waals surface area contributed by atoms with Crippen LogP contribution in [0.4, 0.5) is 5.69 Å².